The zero-order valence-corrected chi connectivity index (χ0v) is 32.4. The second-order valence-corrected chi connectivity index (χ2v) is 12.9. The highest BCUT2D eigenvalue weighted by atomic mass is 16.3. The lowest BCUT2D eigenvalue weighted by molar-refractivity contribution is 0.662. The number of nitrogens with two attached hydrogens (primary N) is 2. The number of para-hydroxylation sites is 3. The van der Waals surface area contributed by atoms with E-state index in [1.54, 1.807) is 0 Å². The summed E-state index contributed by atoms with van der Waals surface area (Å²) in [6.07, 6.45) is 28.8. The third-order valence-corrected chi connectivity index (χ3v) is 9.60. The van der Waals surface area contributed by atoms with Crippen molar-refractivity contribution in [3.05, 3.63) is 178 Å². The largest absolute Gasteiger partial charge is 0.456 e. The molecule has 0 radical (unpaired) electrons. The van der Waals surface area contributed by atoms with Crippen molar-refractivity contribution >= 4 is 51.1 Å². The van der Waals surface area contributed by atoms with E-state index in [4.69, 9.17) is 15.9 Å². The number of terminal acetylenes is 1. The predicted molar refractivity (Wildman–Crippen MR) is 238 cm³/mol. The topological polar surface area (TPSA) is 70.1 Å². The molecule has 2 aliphatic carbocycles. The van der Waals surface area contributed by atoms with Gasteiger partial charge in [0.15, 0.2) is 0 Å². The van der Waals surface area contributed by atoms with Crippen LogP contribution in [-0.2, 0) is 13.1 Å². The van der Waals surface area contributed by atoms with Crippen LogP contribution in [0.15, 0.2) is 150 Å². The maximum absolute atomic E-state index is 6.33. The predicted octanol–water partition coefficient (Wildman–Crippen LogP) is 11.1. The van der Waals surface area contributed by atoms with E-state index < -0.39 is 0 Å². The van der Waals surface area contributed by atoms with Crippen LogP contribution in [0.5, 0.6) is 0 Å². The van der Waals surface area contributed by atoms with Crippen LogP contribution < -0.4 is 22.0 Å². The van der Waals surface area contributed by atoms with Crippen LogP contribution in [0, 0.1) is 12.8 Å². The van der Waals surface area contributed by atoms with Crippen LogP contribution >= 0.6 is 0 Å². The van der Waals surface area contributed by atoms with Gasteiger partial charge < -0.3 is 20.5 Å². The van der Waals surface area contributed by atoms with E-state index in [9.17, 15) is 0 Å². The van der Waals surface area contributed by atoms with E-state index in [1.807, 2.05) is 50.2 Å². The molecule has 0 unspecified atom stereocenters. The van der Waals surface area contributed by atoms with Gasteiger partial charge in [-0.25, -0.2) is 0 Å². The first-order valence-corrected chi connectivity index (χ1v) is 19.3. The van der Waals surface area contributed by atoms with Gasteiger partial charge in [-0.2, -0.15) is 0 Å². The van der Waals surface area contributed by atoms with Gasteiger partial charge in [0, 0.05) is 45.7 Å². The van der Waals surface area contributed by atoms with Crippen molar-refractivity contribution in [3.8, 4) is 18.5 Å². The summed E-state index contributed by atoms with van der Waals surface area (Å²) < 4.78 is 8.66. The molecule has 0 saturated heterocycles. The molecule has 2 aromatic heterocycles. The lowest BCUT2D eigenvalue weighted by Gasteiger charge is -2.07. The van der Waals surface area contributed by atoms with Crippen LogP contribution in [0.2, 0.25) is 0 Å². The smallest absolute Gasteiger partial charge is 0.139 e. The minimum atomic E-state index is 0.459. The lowest BCUT2D eigenvalue weighted by Crippen LogP contribution is -2.28. The van der Waals surface area contributed by atoms with Crippen LogP contribution in [0.25, 0.3) is 56.8 Å². The number of hydrogen-bond donors (Lipinski definition) is 2. The Kier molecular flexibility index (Phi) is 14.8. The molecule has 55 heavy (non-hydrogen) atoms. The molecular formula is C51H53N3O. The molecule has 4 nitrogen and oxygen atoms in total. The van der Waals surface area contributed by atoms with Crippen molar-refractivity contribution in [2.24, 2.45) is 11.5 Å². The fourth-order valence-corrected chi connectivity index (χ4v) is 6.92. The third kappa shape index (κ3) is 9.34. The fourth-order valence-electron chi connectivity index (χ4n) is 6.92. The Hall–Kier alpha value is -6.12. The summed E-state index contributed by atoms with van der Waals surface area (Å²) in [6.45, 7) is 7.31. The molecule has 4 heteroatoms. The van der Waals surface area contributed by atoms with Gasteiger partial charge in [0.2, 0.25) is 0 Å². The number of furan rings is 1. The number of nitrogens with zero attached hydrogens (tertiary/aromatic N) is 1. The summed E-state index contributed by atoms with van der Waals surface area (Å²) in [4.78, 5) is 0. The van der Waals surface area contributed by atoms with E-state index in [-0.39, 0.29) is 0 Å². The molecular weight excluding hydrogens is 671 g/mol. The molecule has 0 aliphatic heterocycles. The van der Waals surface area contributed by atoms with Crippen LogP contribution in [0.3, 0.4) is 0 Å². The van der Waals surface area contributed by atoms with Crippen LogP contribution in [-0.4, -0.2) is 4.57 Å². The number of fused-ring (bicyclic) bond motifs is 7. The number of aromatic nitrogens is 1. The summed E-state index contributed by atoms with van der Waals surface area (Å²) in [6, 6.07) is 39.7. The van der Waals surface area contributed by atoms with Gasteiger partial charge in [-0.15, -0.1) is 12.8 Å². The first-order valence-electron chi connectivity index (χ1n) is 19.3. The SMILES string of the molecule is C#C.CC.CCC1=CCCCC=C1.NCc1cccc2c1oc1cc3c(cc12)/C=C/C=c1\c(c2ccccc2n1-c1ccccc1)=C\3.NCc1ccccc1. The Bertz CT molecular complexity index is 2550. The second kappa shape index (κ2) is 20.4. The van der Waals surface area contributed by atoms with E-state index in [0.29, 0.717) is 13.1 Å². The van der Waals surface area contributed by atoms with Crippen LogP contribution in [0.4, 0.5) is 0 Å². The average molecular weight is 724 g/mol. The molecule has 2 heterocycles. The molecule has 0 saturated carbocycles. The van der Waals surface area contributed by atoms with Gasteiger partial charge in [0.1, 0.15) is 11.2 Å². The maximum atomic E-state index is 6.33. The molecule has 9 rings (SSSR count). The summed E-state index contributed by atoms with van der Waals surface area (Å²) in [5.41, 5.74) is 21.5. The summed E-state index contributed by atoms with van der Waals surface area (Å²) in [5, 5.41) is 5.85. The molecule has 2 aliphatic rings. The van der Waals surface area contributed by atoms with Gasteiger partial charge in [-0.05, 0) is 84.9 Å². The van der Waals surface area contributed by atoms with Gasteiger partial charge in [0.05, 0.1) is 10.9 Å². The van der Waals surface area contributed by atoms with Crippen LogP contribution in [0.1, 0.15) is 68.7 Å². The van der Waals surface area contributed by atoms with Gasteiger partial charge in [-0.1, -0.05) is 142 Å². The molecule has 5 aromatic carbocycles. The normalized spacial score (nSPS) is 14.3. The molecule has 0 amide bonds. The van der Waals surface area contributed by atoms with E-state index in [0.717, 1.165) is 38.8 Å². The average Bonchev–Trinajstić information content (AvgIpc) is 3.62. The highest BCUT2D eigenvalue weighted by Crippen LogP contribution is 2.34. The molecule has 4 N–H and O–H groups in total. The lowest BCUT2D eigenvalue weighted by atomic mass is 10.00. The molecule has 0 atom stereocenters. The van der Waals surface area contributed by atoms with E-state index in [2.05, 4.69) is 146 Å². The highest BCUT2D eigenvalue weighted by Gasteiger charge is 2.15. The molecule has 0 bridgehead atoms. The Morgan fingerprint density at radius 2 is 1.42 bits per heavy atom. The maximum Gasteiger partial charge on any atom is 0.139 e. The highest BCUT2D eigenvalue weighted by molar-refractivity contribution is 6.07. The second-order valence-electron chi connectivity index (χ2n) is 12.9. The molecule has 0 spiro atoms. The first kappa shape index (κ1) is 40.1. The Labute approximate surface area is 326 Å². The summed E-state index contributed by atoms with van der Waals surface area (Å²) >= 11 is 0. The van der Waals surface area contributed by atoms with E-state index >= 15 is 0 Å². The Morgan fingerprint density at radius 1 is 0.709 bits per heavy atom. The number of rotatable bonds is 4. The van der Waals surface area contributed by atoms with Gasteiger partial charge in [0.25, 0.3) is 0 Å². The fraction of sp³-hybridized carbons (Fsp3) is 0.176. The molecule has 0 fully saturated rings. The van der Waals surface area contributed by atoms with Crippen molar-refractivity contribution in [3.63, 3.8) is 0 Å². The monoisotopic (exact) mass is 723 g/mol. The summed E-state index contributed by atoms with van der Waals surface area (Å²) in [7, 11) is 0. The van der Waals surface area contributed by atoms with Crippen molar-refractivity contribution in [1.29, 1.82) is 0 Å². The van der Waals surface area contributed by atoms with Crippen molar-refractivity contribution in [2.45, 2.75) is 59.5 Å². The minimum absolute atomic E-state index is 0.459. The zero-order chi connectivity index (χ0) is 39.0. The Balaban J connectivity index is 0.000000227. The number of allylic oxidation sites excluding steroid dienone is 5. The van der Waals surface area contributed by atoms with Crippen molar-refractivity contribution in [2.75, 3.05) is 0 Å². The summed E-state index contributed by atoms with van der Waals surface area (Å²) in [5.74, 6) is 0. The Morgan fingerprint density at radius 3 is 2.13 bits per heavy atom. The standard InChI is InChI=1S/C31H22N2O.C9H14.C7H9N.C2H6.C2H2/c32-19-21-9-6-13-25-27-16-20-8-7-15-29-26(17-22(20)18-30(27)34-31(21)25)24-12-4-5-14-28(24)33(29)23-10-2-1-3-11-23;1-2-9-7-5-3-4-6-8-9;8-6-7-4-2-1-3-5-7;2*1-2/h1-18H,19,32H2;5,7-8H,2-4,6H2,1H3;1-5H,6,8H2;1-2H3;1-2H/b8-7+,15-7?,20-8?,22-17?,26-17+,29-15+;;;;. The van der Waals surface area contributed by atoms with Gasteiger partial charge in [-0.3, -0.25) is 0 Å². The molecule has 278 valence electrons. The quantitative estimate of drug-likeness (QED) is 0.178. The van der Waals surface area contributed by atoms with Crippen molar-refractivity contribution in [1.82, 2.24) is 4.57 Å². The molecule has 7 aromatic rings. The minimum Gasteiger partial charge on any atom is -0.456 e. The first-order chi connectivity index (χ1) is 27.2. The zero-order valence-electron chi connectivity index (χ0n) is 32.4. The number of benzene rings is 5. The van der Waals surface area contributed by atoms with Gasteiger partial charge >= 0.3 is 0 Å². The number of hydrogen-bond acceptors (Lipinski definition) is 3. The van der Waals surface area contributed by atoms with E-state index in [1.165, 1.54) is 63.9 Å². The van der Waals surface area contributed by atoms with Crippen molar-refractivity contribution < 1.29 is 4.42 Å². The third-order valence-electron chi connectivity index (χ3n) is 9.60.